The zero-order valence-corrected chi connectivity index (χ0v) is 14.0. The lowest BCUT2D eigenvalue weighted by molar-refractivity contribution is 0.0697. The van der Waals surface area contributed by atoms with E-state index in [4.69, 9.17) is 0 Å². The van der Waals surface area contributed by atoms with Crippen molar-refractivity contribution in [2.24, 2.45) is 0 Å². The second kappa shape index (κ2) is 7.00. The molecule has 2 aromatic heterocycles. The Labute approximate surface area is 146 Å². The van der Waals surface area contributed by atoms with Gasteiger partial charge in [-0.25, -0.2) is 4.79 Å². The zero-order chi connectivity index (χ0) is 17.8. The number of hydrogen-bond acceptors (Lipinski definition) is 5. The van der Waals surface area contributed by atoms with E-state index in [1.165, 1.54) is 0 Å². The highest BCUT2D eigenvalue weighted by Crippen LogP contribution is 2.31. The molecule has 0 aliphatic carbocycles. The van der Waals surface area contributed by atoms with E-state index in [2.05, 4.69) is 9.97 Å². The van der Waals surface area contributed by atoms with Crippen molar-refractivity contribution in [2.45, 2.75) is 0 Å². The van der Waals surface area contributed by atoms with E-state index in [0.717, 1.165) is 22.7 Å². The van der Waals surface area contributed by atoms with Crippen LogP contribution in [0.3, 0.4) is 0 Å². The van der Waals surface area contributed by atoms with Crippen molar-refractivity contribution >= 4 is 28.7 Å². The van der Waals surface area contributed by atoms with E-state index < -0.39 is 5.97 Å². The summed E-state index contributed by atoms with van der Waals surface area (Å²) in [4.78, 5) is 23.5. The Balaban J connectivity index is 2.05. The van der Waals surface area contributed by atoms with E-state index in [1.54, 1.807) is 36.9 Å². The van der Waals surface area contributed by atoms with Gasteiger partial charge in [-0.3, -0.25) is 9.97 Å². The Morgan fingerprint density at radius 2 is 1.16 bits per heavy atom. The van der Waals surface area contributed by atoms with Gasteiger partial charge in [0.05, 0.1) is 5.56 Å². The fraction of sp³-hybridized carbons (Fsp3) is 0.105. The third-order valence-corrected chi connectivity index (χ3v) is 4.02. The number of carboxylic acids is 1. The molecule has 0 saturated carbocycles. The zero-order valence-electron chi connectivity index (χ0n) is 14.0. The predicted molar refractivity (Wildman–Crippen MR) is 98.0 cm³/mol. The number of hydrogen-bond donors (Lipinski definition) is 1. The molecule has 2 heterocycles. The van der Waals surface area contributed by atoms with Crippen molar-refractivity contribution in [1.82, 2.24) is 9.97 Å². The number of aromatic nitrogens is 2. The van der Waals surface area contributed by atoms with Gasteiger partial charge in [-0.1, -0.05) is 0 Å². The summed E-state index contributed by atoms with van der Waals surface area (Å²) in [6.45, 7) is 0. The van der Waals surface area contributed by atoms with Gasteiger partial charge in [-0.15, -0.1) is 0 Å². The molecule has 3 aromatic rings. The minimum absolute atomic E-state index is 0.231. The smallest absolute Gasteiger partial charge is 0.335 e. The summed E-state index contributed by atoms with van der Waals surface area (Å²) in [6, 6.07) is 12.8. The van der Waals surface area contributed by atoms with Crippen molar-refractivity contribution in [3.8, 4) is 0 Å². The van der Waals surface area contributed by atoms with Crippen LogP contribution in [0, 0.1) is 0 Å². The molecule has 126 valence electrons. The number of carboxylic acid groups (broad SMARTS) is 1. The minimum Gasteiger partial charge on any atom is -0.478 e. The molecule has 0 fully saturated rings. The first-order valence-corrected chi connectivity index (χ1v) is 7.72. The van der Waals surface area contributed by atoms with Crippen LogP contribution >= 0.6 is 0 Å². The van der Waals surface area contributed by atoms with Crippen LogP contribution in [-0.2, 0) is 0 Å². The number of nitrogens with zero attached hydrogens (tertiary/aromatic N) is 4. The first-order chi connectivity index (χ1) is 12.1. The largest absolute Gasteiger partial charge is 0.478 e. The minimum atomic E-state index is -0.964. The molecule has 0 spiro atoms. The van der Waals surface area contributed by atoms with Gasteiger partial charge in [0.2, 0.25) is 0 Å². The quantitative estimate of drug-likeness (QED) is 0.767. The maximum atomic E-state index is 11.6. The Hall–Kier alpha value is -3.41. The molecule has 6 nitrogen and oxygen atoms in total. The Morgan fingerprint density at radius 3 is 1.52 bits per heavy atom. The normalized spacial score (nSPS) is 10.3. The molecule has 0 amide bonds. The third kappa shape index (κ3) is 3.58. The molecule has 3 rings (SSSR count). The molecule has 25 heavy (non-hydrogen) atoms. The fourth-order valence-corrected chi connectivity index (χ4v) is 2.54. The molecule has 0 aliphatic rings. The average molecular weight is 334 g/mol. The summed E-state index contributed by atoms with van der Waals surface area (Å²) in [5.74, 6) is -0.964. The molecule has 0 atom stereocenters. The molecular weight excluding hydrogens is 316 g/mol. The van der Waals surface area contributed by atoms with Crippen LogP contribution in [0.2, 0.25) is 0 Å². The molecule has 0 radical (unpaired) electrons. The van der Waals surface area contributed by atoms with Gasteiger partial charge in [0.1, 0.15) is 0 Å². The molecular formula is C19H18N4O2. The van der Waals surface area contributed by atoms with E-state index >= 15 is 0 Å². The van der Waals surface area contributed by atoms with Crippen LogP contribution in [0.15, 0.2) is 67.3 Å². The summed E-state index contributed by atoms with van der Waals surface area (Å²) >= 11 is 0. The molecule has 0 bridgehead atoms. The van der Waals surface area contributed by atoms with Crippen LogP contribution in [-0.4, -0.2) is 35.1 Å². The number of anilines is 4. The molecule has 6 heteroatoms. The van der Waals surface area contributed by atoms with Crippen molar-refractivity contribution < 1.29 is 9.90 Å². The van der Waals surface area contributed by atoms with Gasteiger partial charge in [0.15, 0.2) is 0 Å². The monoisotopic (exact) mass is 334 g/mol. The van der Waals surface area contributed by atoms with Gasteiger partial charge in [-0.2, -0.15) is 0 Å². The molecule has 1 N–H and O–H groups in total. The van der Waals surface area contributed by atoms with Gasteiger partial charge in [-0.05, 0) is 42.5 Å². The average Bonchev–Trinajstić information content (AvgIpc) is 2.67. The lowest BCUT2D eigenvalue weighted by Gasteiger charge is -2.24. The topological polar surface area (TPSA) is 69.6 Å². The summed E-state index contributed by atoms with van der Waals surface area (Å²) in [7, 11) is 3.79. The predicted octanol–water partition coefficient (Wildman–Crippen LogP) is 3.71. The lowest BCUT2D eigenvalue weighted by atomic mass is 10.1. The van der Waals surface area contributed by atoms with Gasteiger partial charge < -0.3 is 14.9 Å². The Morgan fingerprint density at radius 1 is 0.760 bits per heavy atom. The van der Waals surface area contributed by atoms with Gasteiger partial charge in [0.25, 0.3) is 0 Å². The van der Waals surface area contributed by atoms with Crippen molar-refractivity contribution in [3.05, 3.63) is 72.8 Å². The van der Waals surface area contributed by atoms with Gasteiger partial charge in [0, 0.05) is 61.6 Å². The highest BCUT2D eigenvalue weighted by molar-refractivity contribution is 5.91. The molecule has 0 aliphatic heterocycles. The SMILES string of the molecule is CN(c1ccncc1)c1cc(C(=O)O)cc(N(C)c2ccncc2)c1. The standard InChI is InChI=1S/C19H18N4O2/c1-22(15-3-7-20-8-4-15)17-11-14(19(24)25)12-18(13-17)23(2)16-5-9-21-10-6-16/h3-13H,1-2H3,(H,24,25). The number of pyridine rings is 2. The summed E-state index contributed by atoms with van der Waals surface area (Å²) in [5.41, 5.74) is 3.64. The molecule has 0 unspecified atom stereocenters. The first-order valence-electron chi connectivity index (χ1n) is 7.72. The molecule has 1 aromatic carbocycles. The second-order valence-electron chi connectivity index (χ2n) is 5.57. The van der Waals surface area contributed by atoms with Crippen LogP contribution < -0.4 is 9.80 Å². The van der Waals surface area contributed by atoms with E-state index in [0.29, 0.717) is 0 Å². The number of aromatic carboxylic acids is 1. The van der Waals surface area contributed by atoms with Crippen LogP contribution in [0.5, 0.6) is 0 Å². The highest BCUT2D eigenvalue weighted by Gasteiger charge is 2.14. The van der Waals surface area contributed by atoms with E-state index in [-0.39, 0.29) is 5.56 Å². The summed E-state index contributed by atoms with van der Waals surface area (Å²) in [5, 5.41) is 9.48. The number of benzene rings is 1. The number of carbonyl (C=O) groups is 1. The Bertz CT molecular complexity index is 805. The highest BCUT2D eigenvalue weighted by atomic mass is 16.4. The van der Waals surface area contributed by atoms with Crippen molar-refractivity contribution in [1.29, 1.82) is 0 Å². The van der Waals surface area contributed by atoms with Gasteiger partial charge >= 0.3 is 5.97 Å². The third-order valence-electron chi connectivity index (χ3n) is 4.02. The fourth-order valence-electron chi connectivity index (χ4n) is 2.54. The maximum absolute atomic E-state index is 11.6. The second-order valence-corrected chi connectivity index (χ2v) is 5.57. The first kappa shape index (κ1) is 16.4. The van der Waals surface area contributed by atoms with E-state index in [9.17, 15) is 9.90 Å². The van der Waals surface area contributed by atoms with Crippen molar-refractivity contribution in [3.63, 3.8) is 0 Å². The van der Waals surface area contributed by atoms with Crippen LogP contribution in [0.25, 0.3) is 0 Å². The summed E-state index contributed by atoms with van der Waals surface area (Å²) < 4.78 is 0. The molecule has 0 saturated heterocycles. The Kier molecular flexibility index (Phi) is 4.61. The summed E-state index contributed by atoms with van der Waals surface area (Å²) in [6.07, 6.45) is 6.82. The maximum Gasteiger partial charge on any atom is 0.335 e. The van der Waals surface area contributed by atoms with Crippen LogP contribution in [0.4, 0.5) is 22.7 Å². The van der Waals surface area contributed by atoms with E-state index in [1.807, 2.05) is 54.2 Å². The van der Waals surface area contributed by atoms with Crippen molar-refractivity contribution in [2.75, 3.05) is 23.9 Å². The lowest BCUT2D eigenvalue weighted by Crippen LogP contribution is -2.14. The van der Waals surface area contributed by atoms with Crippen LogP contribution in [0.1, 0.15) is 10.4 Å². The number of rotatable bonds is 5.